The SMILES string of the molecule is COc1cc(/C=C(/C#N)C(=O)NC(C)C)cc([N+](=O)[O-])c1O. The summed E-state index contributed by atoms with van der Waals surface area (Å²) in [7, 11) is 1.24. The lowest BCUT2D eigenvalue weighted by Gasteiger charge is -2.08. The van der Waals surface area contributed by atoms with Gasteiger partial charge >= 0.3 is 5.69 Å². The number of nitriles is 1. The van der Waals surface area contributed by atoms with E-state index in [4.69, 9.17) is 10.00 Å². The van der Waals surface area contributed by atoms with Crippen molar-refractivity contribution in [3.8, 4) is 17.6 Å². The Morgan fingerprint density at radius 2 is 2.18 bits per heavy atom. The minimum Gasteiger partial charge on any atom is -0.500 e. The fourth-order valence-corrected chi connectivity index (χ4v) is 1.65. The highest BCUT2D eigenvalue weighted by molar-refractivity contribution is 6.01. The van der Waals surface area contributed by atoms with E-state index < -0.39 is 22.3 Å². The molecule has 0 radical (unpaired) electrons. The first kappa shape index (κ1) is 17.0. The number of benzene rings is 1. The highest BCUT2D eigenvalue weighted by Crippen LogP contribution is 2.37. The minimum absolute atomic E-state index is 0.123. The number of nitrogens with one attached hydrogen (secondary N) is 1. The third-order valence-corrected chi connectivity index (χ3v) is 2.59. The molecule has 0 spiro atoms. The van der Waals surface area contributed by atoms with E-state index >= 15 is 0 Å². The number of carbonyl (C=O) groups excluding carboxylic acids is 1. The smallest absolute Gasteiger partial charge is 0.315 e. The highest BCUT2D eigenvalue weighted by Gasteiger charge is 2.20. The van der Waals surface area contributed by atoms with Crippen molar-refractivity contribution in [1.82, 2.24) is 5.32 Å². The molecule has 0 aromatic heterocycles. The Bertz CT molecular complexity index is 674. The molecule has 1 aromatic carbocycles. The van der Waals surface area contributed by atoms with Crippen LogP contribution in [0.5, 0.6) is 11.5 Å². The number of amides is 1. The predicted octanol–water partition coefficient (Wildman–Crippen LogP) is 1.74. The summed E-state index contributed by atoms with van der Waals surface area (Å²) in [5, 5.41) is 32.2. The molecule has 116 valence electrons. The first-order valence-electron chi connectivity index (χ1n) is 6.28. The lowest BCUT2D eigenvalue weighted by Crippen LogP contribution is -2.30. The van der Waals surface area contributed by atoms with Crippen LogP contribution in [0.15, 0.2) is 17.7 Å². The van der Waals surface area contributed by atoms with Crippen molar-refractivity contribution < 1.29 is 19.6 Å². The van der Waals surface area contributed by atoms with Crippen LogP contribution in [-0.2, 0) is 4.79 Å². The summed E-state index contributed by atoms with van der Waals surface area (Å²) in [6.45, 7) is 3.47. The van der Waals surface area contributed by atoms with Crippen LogP contribution in [0.4, 0.5) is 5.69 Å². The Morgan fingerprint density at radius 3 is 2.64 bits per heavy atom. The van der Waals surface area contributed by atoms with E-state index in [9.17, 15) is 20.0 Å². The van der Waals surface area contributed by atoms with E-state index in [2.05, 4.69) is 5.32 Å². The third kappa shape index (κ3) is 3.96. The van der Waals surface area contributed by atoms with Crippen molar-refractivity contribution in [1.29, 1.82) is 5.26 Å². The van der Waals surface area contributed by atoms with Gasteiger partial charge in [0.25, 0.3) is 5.91 Å². The number of hydrogen-bond donors (Lipinski definition) is 2. The van der Waals surface area contributed by atoms with Crippen molar-refractivity contribution in [2.24, 2.45) is 0 Å². The van der Waals surface area contributed by atoms with E-state index in [0.29, 0.717) is 0 Å². The maximum atomic E-state index is 11.8. The topological polar surface area (TPSA) is 125 Å². The fourth-order valence-electron chi connectivity index (χ4n) is 1.65. The summed E-state index contributed by atoms with van der Waals surface area (Å²) in [5.74, 6) is -1.33. The maximum absolute atomic E-state index is 11.8. The zero-order valence-corrected chi connectivity index (χ0v) is 12.3. The normalized spacial score (nSPS) is 11.0. The molecule has 1 rings (SSSR count). The van der Waals surface area contributed by atoms with Crippen molar-refractivity contribution in [2.75, 3.05) is 7.11 Å². The second-order valence-corrected chi connectivity index (χ2v) is 4.65. The van der Waals surface area contributed by atoms with Gasteiger partial charge in [-0.05, 0) is 31.6 Å². The highest BCUT2D eigenvalue weighted by atomic mass is 16.6. The molecule has 0 fully saturated rings. The molecule has 0 aliphatic carbocycles. The Hall–Kier alpha value is -3.08. The van der Waals surface area contributed by atoms with Gasteiger partial charge in [-0.3, -0.25) is 14.9 Å². The van der Waals surface area contributed by atoms with Gasteiger partial charge in [0.2, 0.25) is 5.75 Å². The van der Waals surface area contributed by atoms with Crippen LogP contribution in [0, 0.1) is 21.4 Å². The number of nitrogens with zero attached hydrogens (tertiary/aromatic N) is 2. The molecular weight excluding hydrogens is 290 g/mol. The molecule has 0 saturated carbocycles. The number of nitro benzene ring substituents is 1. The minimum atomic E-state index is -0.782. The molecule has 8 nitrogen and oxygen atoms in total. The summed E-state index contributed by atoms with van der Waals surface area (Å²) >= 11 is 0. The predicted molar refractivity (Wildman–Crippen MR) is 78.2 cm³/mol. The van der Waals surface area contributed by atoms with Gasteiger partial charge in [0.15, 0.2) is 5.75 Å². The van der Waals surface area contributed by atoms with Crippen molar-refractivity contribution in [2.45, 2.75) is 19.9 Å². The van der Waals surface area contributed by atoms with Crippen molar-refractivity contribution in [3.05, 3.63) is 33.4 Å². The van der Waals surface area contributed by atoms with Gasteiger partial charge in [-0.25, -0.2) is 0 Å². The second-order valence-electron chi connectivity index (χ2n) is 4.65. The van der Waals surface area contributed by atoms with Gasteiger partial charge in [0.05, 0.1) is 12.0 Å². The molecule has 0 heterocycles. The second kappa shape index (κ2) is 7.08. The molecule has 8 heteroatoms. The Balaban J connectivity index is 3.34. The molecule has 2 N–H and O–H groups in total. The summed E-state index contributed by atoms with van der Waals surface area (Å²) in [6.07, 6.45) is 1.19. The number of phenols is 1. The molecule has 22 heavy (non-hydrogen) atoms. The van der Waals surface area contributed by atoms with Crippen LogP contribution < -0.4 is 10.1 Å². The Morgan fingerprint density at radius 1 is 1.55 bits per heavy atom. The molecule has 0 bridgehead atoms. The number of ether oxygens (including phenoxy) is 1. The van der Waals surface area contributed by atoms with E-state index in [1.54, 1.807) is 19.9 Å². The number of carbonyl (C=O) groups is 1. The van der Waals surface area contributed by atoms with Gasteiger partial charge in [-0.15, -0.1) is 0 Å². The van der Waals surface area contributed by atoms with Crippen LogP contribution in [0.2, 0.25) is 0 Å². The van der Waals surface area contributed by atoms with E-state index in [1.165, 1.54) is 19.3 Å². The first-order valence-corrected chi connectivity index (χ1v) is 6.28. The van der Waals surface area contributed by atoms with Crippen molar-refractivity contribution >= 4 is 17.7 Å². The van der Waals surface area contributed by atoms with E-state index in [-0.39, 0.29) is 22.9 Å². The van der Waals surface area contributed by atoms with Gasteiger partial charge in [0, 0.05) is 12.1 Å². The average Bonchev–Trinajstić information content (AvgIpc) is 2.44. The monoisotopic (exact) mass is 305 g/mol. The molecular formula is C14H15N3O5. The van der Waals surface area contributed by atoms with Crippen LogP contribution in [-0.4, -0.2) is 29.1 Å². The summed E-state index contributed by atoms with van der Waals surface area (Å²) in [6, 6.07) is 3.92. The van der Waals surface area contributed by atoms with E-state index in [1.807, 2.05) is 0 Å². The molecule has 0 atom stereocenters. The van der Waals surface area contributed by atoms with Gasteiger partial charge in [-0.2, -0.15) is 5.26 Å². The summed E-state index contributed by atoms with van der Waals surface area (Å²) in [5.41, 5.74) is -0.597. The number of aromatic hydroxyl groups is 1. The quantitative estimate of drug-likeness (QED) is 0.369. The van der Waals surface area contributed by atoms with Gasteiger partial charge in [-0.1, -0.05) is 0 Å². The Labute approximate surface area is 126 Å². The largest absolute Gasteiger partial charge is 0.500 e. The fraction of sp³-hybridized carbons (Fsp3) is 0.286. The summed E-state index contributed by atoms with van der Waals surface area (Å²) in [4.78, 5) is 21.9. The molecule has 1 aromatic rings. The maximum Gasteiger partial charge on any atom is 0.315 e. The average molecular weight is 305 g/mol. The molecule has 0 saturated heterocycles. The molecule has 1 amide bonds. The van der Waals surface area contributed by atoms with Crippen LogP contribution in [0.1, 0.15) is 19.4 Å². The van der Waals surface area contributed by atoms with Gasteiger partial charge in [0.1, 0.15) is 11.6 Å². The Kier molecular flexibility index (Phi) is 5.46. The van der Waals surface area contributed by atoms with Crippen LogP contribution in [0.25, 0.3) is 6.08 Å². The standard InChI is InChI=1S/C14H15N3O5/c1-8(2)16-14(19)10(7-15)4-9-5-11(17(20)21)13(18)12(6-9)22-3/h4-6,8,18H,1-3H3,(H,16,19)/b10-4-. The number of hydrogen-bond acceptors (Lipinski definition) is 6. The zero-order valence-electron chi connectivity index (χ0n) is 12.3. The summed E-state index contributed by atoms with van der Waals surface area (Å²) < 4.78 is 4.85. The number of methoxy groups -OCH3 is 1. The van der Waals surface area contributed by atoms with E-state index in [0.717, 1.165) is 6.07 Å². The molecule has 0 aliphatic rings. The number of nitro groups is 1. The zero-order chi connectivity index (χ0) is 16.9. The van der Waals surface area contributed by atoms with Crippen LogP contribution in [0.3, 0.4) is 0 Å². The number of phenolic OH excluding ortho intramolecular Hbond substituents is 1. The molecule has 0 unspecified atom stereocenters. The lowest BCUT2D eigenvalue weighted by molar-refractivity contribution is -0.386. The van der Waals surface area contributed by atoms with Crippen LogP contribution >= 0.6 is 0 Å². The lowest BCUT2D eigenvalue weighted by atomic mass is 10.1. The van der Waals surface area contributed by atoms with Crippen molar-refractivity contribution in [3.63, 3.8) is 0 Å². The number of rotatable bonds is 5. The third-order valence-electron chi connectivity index (χ3n) is 2.59. The first-order chi connectivity index (χ1) is 10.3. The van der Waals surface area contributed by atoms with Gasteiger partial charge < -0.3 is 15.2 Å². The molecule has 0 aliphatic heterocycles.